The smallest absolute Gasteiger partial charge is 0.0831 e. The van der Waals surface area contributed by atoms with Gasteiger partial charge >= 0.3 is 0 Å². The molecule has 136 valence electrons. The predicted molar refractivity (Wildman–Crippen MR) is 118 cm³/mol. The molecule has 1 atom stereocenters. The van der Waals surface area contributed by atoms with Crippen LogP contribution in [-0.2, 0) is 0 Å². The molecule has 0 unspecified atom stereocenters. The van der Waals surface area contributed by atoms with Crippen LogP contribution in [0.1, 0.15) is 23.6 Å². The van der Waals surface area contributed by atoms with E-state index < -0.39 is 0 Å². The summed E-state index contributed by atoms with van der Waals surface area (Å²) in [5.74, 6) is 0. The first-order valence-electron chi connectivity index (χ1n) is 9.07. The lowest BCUT2D eigenvalue weighted by Crippen LogP contribution is -2.18. The maximum Gasteiger partial charge on any atom is 0.0831 e. The van der Waals surface area contributed by atoms with E-state index in [-0.39, 0.29) is 6.04 Å². The van der Waals surface area contributed by atoms with Crippen LogP contribution in [0.4, 0.5) is 11.4 Å². The maximum absolute atomic E-state index is 5.00. The SMILES string of the molecule is CN(C)c1ccc([C@@H]2CC(c3ccccc3)=NN2c2ccc(Br)cc2)cc1. The fourth-order valence-electron chi connectivity index (χ4n) is 3.40. The van der Waals surface area contributed by atoms with Crippen LogP contribution in [0.15, 0.2) is 88.4 Å². The van der Waals surface area contributed by atoms with Gasteiger partial charge in [0.1, 0.15) is 0 Å². The fraction of sp³-hybridized carbons (Fsp3) is 0.174. The molecule has 0 N–H and O–H groups in total. The largest absolute Gasteiger partial charge is 0.378 e. The molecule has 1 aliphatic heterocycles. The quantitative estimate of drug-likeness (QED) is 0.526. The molecule has 0 radical (unpaired) electrons. The molecule has 3 aromatic rings. The molecule has 0 saturated carbocycles. The molecule has 1 aliphatic rings. The zero-order valence-electron chi connectivity index (χ0n) is 15.5. The second kappa shape index (κ2) is 7.57. The van der Waals surface area contributed by atoms with Crippen molar-refractivity contribution in [3.05, 3.63) is 94.5 Å². The average Bonchev–Trinajstić information content (AvgIpc) is 3.15. The topological polar surface area (TPSA) is 18.8 Å². The number of nitrogens with zero attached hydrogens (tertiary/aromatic N) is 3. The Morgan fingerprint density at radius 1 is 0.889 bits per heavy atom. The number of benzene rings is 3. The summed E-state index contributed by atoms with van der Waals surface area (Å²) in [5, 5.41) is 7.15. The van der Waals surface area contributed by atoms with Gasteiger partial charge in [-0.15, -0.1) is 0 Å². The lowest BCUT2D eigenvalue weighted by atomic mass is 9.98. The average molecular weight is 420 g/mol. The van der Waals surface area contributed by atoms with Crippen molar-refractivity contribution in [1.29, 1.82) is 0 Å². The molecule has 0 aliphatic carbocycles. The second-order valence-electron chi connectivity index (χ2n) is 6.94. The van der Waals surface area contributed by atoms with E-state index in [0.717, 1.165) is 22.3 Å². The molecule has 0 amide bonds. The van der Waals surface area contributed by atoms with E-state index in [9.17, 15) is 0 Å². The number of hydrogen-bond donors (Lipinski definition) is 0. The summed E-state index contributed by atoms with van der Waals surface area (Å²) in [5.41, 5.74) is 5.90. The molecule has 4 rings (SSSR count). The molecule has 3 nitrogen and oxygen atoms in total. The normalized spacial score (nSPS) is 16.3. The zero-order valence-corrected chi connectivity index (χ0v) is 17.1. The van der Waals surface area contributed by atoms with Crippen LogP contribution in [0.25, 0.3) is 0 Å². The highest BCUT2D eigenvalue weighted by Crippen LogP contribution is 2.37. The van der Waals surface area contributed by atoms with Gasteiger partial charge in [-0.3, -0.25) is 5.01 Å². The van der Waals surface area contributed by atoms with Crippen LogP contribution in [0.5, 0.6) is 0 Å². The third-order valence-corrected chi connectivity index (χ3v) is 5.43. The molecule has 0 bridgehead atoms. The van der Waals surface area contributed by atoms with E-state index in [1.165, 1.54) is 16.8 Å². The van der Waals surface area contributed by atoms with Crippen LogP contribution in [0, 0.1) is 0 Å². The minimum atomic E-state index is 0.192. The van der Waals surface area contributed by atoms with Gasteiger partial charge in [0.2, 0.25) is 0 Å². The van der Waals surface area contributed by atoms with Gasteiger partial charge in [0, 0.05) is 30.7 Å². The first kappa shape index (κ1) is 17.8. The molecule has 0 aromatic heterocycles. The highest BCUT2D eigenvalue weighted by Gasteiger charge is 2.29. The number of halogens is 1. The van der Waals surface area contributed by atoms with Crippen LogP contribution >= 0.6 is 15.9 Å². The second-order valence-corrected chi connectivity index (χ2v) is 7.86. The number of hydrogen-bond acceptors (Lipinski definition) is 3. The molecule has 0 spiro atoms. The summed E-state index contributed by atoms with van der Waals surface area (Å²) in [7, 11) is 4.13. The van der Waals surface area contributed by atoms with Crippen molar-refractivity contribution in [3.8, 4) is 0 Å². The van der Waals surface area contributed by atoms with Crippen molar-refractivity contribution < 1.29 is 0 Å². The Balaban J connectivity index is 1.71. The summed E-state index contributed by atoms with van der Waals surface area (Å²) >= 11 is 3.53. The van der Waals surface area contributed by atoms with Crippen molar-refractivity contribution >= 4 is 33.0 Å². The van der Waals surface area contributed by atoms with Gasteiger partial charge in [-0.2, -0.15) is 5.10 Å². The minimum absolute atomic E-state index is 0.192. The van der Waals surface area contributed by atoms with E-state index >= 15 is 0 Å². The highest BCUT2D eigenvalue weighted by molar-refractivity contribution is 9.10. The van der Waals surface area contributed by atoms with Gasteiger partial charge < -0.3 is 4.90 Å². The highest BCUT2D eigenvalue weighted by atomic mass is 79.9. The number of anilines is 2. The molecule has 1 heterocycles. The molecule has 0 saturated heterocycles. The Morgan fingerprint density at radius 2 is 1.56 bits per heavy atom. The van der Waals surface area contributed by atoms with Crippen molar-refractivity contribution in [3.63, 3.8) is 0 Å². The zero-order chi connectivity index (χ0) is 18.8. The van der Waals surface area contributed by atoms with E-state index in [4.69, 9.17) is 5.10 Å². The van der Waals surface area contributed by atoms with Gasteiger partial charge in [0.05, 0.1) is 17.4 Å². The van der Waals surface area contributed by atoms with Gasteiger partial charge in [-0.05, 0) is 47.5 Å². The van der Waals surface area contributed by atoms with Gasteiger partial charge in [-0.25, -0.2) is 0 Å². The van der Waals surface area contributed by atoms with E-state index in [0.29, 0.717) is 0 Å². The maximum atomic E-state index is 5.00. The summed E-state index contributed by atoms with van der Waals surface area (Å²) in [6.07, 6.45) is 0.890. The summed E-state index contributed by atoms with van der Waals surface area (Å²) in [6.45, 7) is 0. The van der Waals surface area contributed by atoms with Crippen LogP contribution in [0.2, 0.25) is 0 Å². The summed E-state index contributed by atoms with van der Waals surface area (Å²) in [4.78, 5) is 2.12. The number of hydrazone groups is 1. The minimum Gasteiger partial charge on any atom is -0.378 e. The monoisotopic (exact) mass is 419 g/mol. The third kappa shape index (κ3) is 3.76. The molecule has 27 heavy (non-hydrogen) atoms. The first-order chi connectivity index (χ1) is 13.1. The van der Waals surface area contributed by atoms with Crippen molar-refractivity contribution in [1.82, 2.24) is 0 Å². The molecular formula is C23H22BrN3. The Kier molecular flexibility index (Phi) is 4.99. The summed E-state index contributed by atoms with van der Waals surface area (Å²) < 4.78 is 1.07. The van der Waals surface area contributed by atoms with Gasteiger partial charge in [0.15, 0.2) is 0 Å². The van der Waals surface area contributed by atoms with Crippen molar-refractivity contribution in [2.24, 2.45) is 5.10 Å². The fourth-order valence-corrected chi connectivity index (χ4v) is 3.67. The van der Waals surface area contributed by atoms with Crippen LogP contribution in [-0.4, -0.2) is 19.8 Å². The standard InChI is InChI=1S/C23H22BrN3/c1-26(2)20-12-8-18(9-13-20)23-16-22(17-6-4-3-5-7-17)25-27(23)21-14-10-19(24)11-15-21/h3-15,23H,16H2,1-2H3/t23-/m0/s1. The lowest BCUT2D eigenvalue weighted by molar-refractivity contribution is 0.709. The Morgan fingerprint density at radius 3 is 2.19 bits per heavy atom. The third-order valence-electron chi connectivity index (χ3n) is 4.90. The van der Waals surface area contributed by atoms with Gasteiger partial charge in [0.25, 0.3) is 0 Å². The van der Waals surface area contributed by atoms with Crippen LogP contribution < -0.4 is 9.91 Å². The lowest BCUT2D eigenvalue weighted by Gasteiger charge is -2.24. The predicted octanol–water partition coefficient (Wildman–Crippen LogP) is 5.87. The van der Waals surface area contributed by atoms with E-state index in [1.54, 1.807) is 0 Å². The van der Waals surface area contributed by atoms with E-state index in [1.807, 2.05) is 6.07 Å². The first-order valence-corrected chi connectivity index (χ1v) is 9.86. The molecule has 0 fully saturated rings. The number of rotatable bonds is 4. The Bertz CT molecular complexity index is 932. The molecular weight excluding hydrogens is 398 g/mol. The van der Waals surface area contributed by atoms with Crippen LogP contribution in [0.3, 0.4) is 0 Å². The Hall–Kier alpha value is -2.59. The van der Waals surface area contributed by atoms with Gasteiger partial charge in [-0.1, -0.05) is 58.4 Å². The molecule has 4 heteroatoms. The van der Waals surface area contributed by atoms with E-state index in [2.05, 4.69) is 113 Å². The molecule has 3 aromatic carbocycles. The van der Waals surface area contributed by atoms with Crippen molar-refractivity contribution in [2.75, 3.05) is 24.0 Å². The van der Waals surface area contributed by atoms with Crippen molar-refractivity contribution in [2.45, 2.75) is 12.5 Å². The summed E-state index contributed by atoms with van der Waals surface area (Å²) in [6, 6.07) is 27.8. The Labute approximate surface area is 169 Å².